The van der Waals surface area contributed by atoms with E-state index >= 15 is 0 Å². The Morgan fingerprint density at radius 3 is 3.18 bits per heavy atom. The number of hydrogen-bond acceptors (Lipinski definition) is 6. The number of hydrogen-bond donors (Lipinski definition) is 1. The van der Waals surface area contributed by atoms with Crippen molar-refractivity contribution in [2.24, 2.45) is 7.05 Å². The number of aromatic nitrogens is 4. The van der Waals surface area contributed by atoms with Crippen molar-refractivity contribution in [3.8, 4) is 11.3 Å². The fourth-order valence-corrected chi connectivity index (χ4v) is 3.13. The summed E-state index contributed by atoms with van der Waals surface area (Å²) in [7, 11) is 1.87. The van der Waals surface area contributed by atoms with Crippen molar-refractivity contribution >= 4 is 28.2 Å². The Labute approximate surface area is 130 Å². The van der Waals surface area contributed by atoms with Gasteiger partial charge < -0.3 is 9.73 Å². The molecular formula is C15H13N5OS. The first-order valence-corrected chi connectivity index (χ1v) is 7.67. The highest BCUT2D eigenvalue weighted by atomic mass is 32.1. The third kappa shape index (κ3) is 2.25. The second-order valence-electron chi connectivity index (χ2n) is 4.86. The molecule has 0 spiro atoms. The van der Waals surface area contributed by atoms with Crippen LogP contribution >= 0.6 is 11.3 Å². The molecule has 6 nitrogen and oxygen atoms in total. The van der Waals surface area contributed by atoms with Crippen LogP contribution in [0.3, 0.4) is 0 Å². The third-order valence-corrected chi connectivity index (χ3v) is 4.36. The van der Waals surface area contributed by atoms with E-state index < -0.39 is 0 Å². The van der Waals surface area contributed by atoms with Crippen molar-refractivity contribution in [3.63, 3.8) is 0 Å². The number of furan rings is 1. The molecule has 0 bridgehead atoms. The molecule has 22 heavy (non-hydrogen) atoms. The van der Waals surface area contributed by atoms with Gasteiger partial charge in [0.2, 0.25) is 0 Å². The summed E-state index contributed by atoms with van der Waals surface area (Å²) in [6.07, 6.45) is 5.01. The zero-order chi connectivity index (χ0) is 14.9. The van der Waals surface area contributed by atoms with E-state index in [-0.39, 0.29) is 0 Å². The van der Waals surface area contributed by atoms with E-state index in [2.05, 4.69) is 31.8 Å². The number of nitrogens with zero attached hydrogens (tertiary/aromatic N) is 4. The van der Waals surface area contributed by atoms with Gasteiger partial charge in [0.15, 0.2) is 5.65 Å². The highest BCUT2D eigenvalue weighted by molar-refractivity contribution is 7.10. The van der Waals surface area contributed by atoms with E-state index in [0.29, 0.717) is 6.54 Å². The summed E-state index contributed by atoms with van der Waals surface area (Å²) >= 11 is 1.69. The van der Waals surface area contributed by atoms with Gasteiger partial charge in [-0.1, -0.05) is 0 Å². The van der Waals surface area contributed by atoms with Crippen molar-refractivity contribution in [1.29, 1.82) is 0 Å². The SMILES string of the molecule is Cn1ncc2c(NCc3cc(-c4ccco4)cs3)ncnc21. The minimum atomic E-state index is 0.701. The fourth-order valence-electron chi connectivity index (χ4n) is 2.32. The summed E-state index contributed by atoms with van der Waals surface area (Å²) < 4.78 is 7.15. The second-order valence-corrected chi connectivity index (χ2v) is 5.86. The van der Waals surface area contributed by atoms with Crippen LogP contribution in [0.25, 0.3) is 22.4 Å². The Hall–Kier alpha value is -2.67. The Kier molecular flexibility index (Phi) is 3.12. The minimum Gasteiger partial charge on any atom is -0.464 e. The Bertz CT molecular complexity index is 909. The highest BCUT2D eigenvalue weighted by Crippen LogP contribution is 2.27. The molecule has 0 unspecified atom stereocenters. The quantitative estimate of drug-likeness (QED) is 0.626. The smallest absolute Gasteiger partial charge is 0.163 e. The summed E-state index contributed by atoms with van der Waals surface area (Å²) in [5.41, 5.74) is 1.92. The topological polar surface area (TPSA) is 68.8 Å². The van der Waals surface area contributed by atoms with Crippen LogP contribution in [0.5, 0.6) is 0 Å². The first-order valence-electron chi connectivity index (χ1n) is 6.79. The average molecular weight is 311 g/mol. The first-order chi connectivity index (χ1) is 10.8. The van der Waals surface area contributed by atoms with Crippen molar-refractivity contribution < 1.29 is 4.42 Å². The van der Waals surface area contributed by atoms with Gasteiger partial charge in [0.05, 0.1) is 24.4 Å². The normalized spacial score (nSPS) is 11.1. The van der Waals surface area contributed by atoms with Crippen LogP contribution in [0.1, 0.15) is 4.88 Å². The van der Waals surface area contributed by atoms with Gasteiger partial charge in [0, 0.05) is 22.9 Å². The lowest BCUT2D eigenvalue weighted by Crippen LogP contribution is -2.01. The molecule has 0 amide bonds. The molecule has 0 aliphatic heterocycles. The fraction of sp³-hybridized carbons (Fsp3) is 0.133. The number of aryl methyl sites for hydroxylation is 1. The van der Waals surface area contributed by atoms with Crippen molar-refractivity contribution in [2.45, 2.75) is 6.54 Å². The Morgan fingerprint density at radius 1 is 1.36 bits per heavy atom. The molecule has 7 heteroatoms. The van der Waals surface area contributed by atoms with Crippen LogP contribution in [-0.2, 0) is 13.6 Å². The molecule has 0 saturated heterocycles. The van der Waals surface area contributed by atoms with Gasteiger partial charge in [0.25, 0.3) is 0 Å². The average Bonchev–Trinajstić information content (AvgIpc) is 3.26. The van der Waals surface area contributed by atoms with Crippen molar-refractivity contribution in [2.75, 3.05) is 5.32 Å². The maximum Gasteiger partial charge on any atom is 0.163 e. The molecule has 0 fully saturated rings. The van der Waals surface area contributed by atoms with Crippen LogP contribution < -0.4 is 5.32 Å². The molecule has 4 heterocycles. The lowest BCUT2D eigenvalue weighted by atomic mass is 10.2. The molecule has 4 rings (SSSR count). The minimum absolute atomic E-state index is 0.701. The third-order valence-electron chi connectivity index (χ3n) is 3.42. The molecule has 0 saturated carbocycles. The van der Waals surface area contributed by atoms with Gasteiger partial charge in [-0.05, 0) is 18.2 Å². The molecule has 1 N–H and O–H groups in total. The molecule has 110 valence electrons. The van der Waals surface area contributed by atoms with Crippen LogP contribution in [0.4, 0.5) is 5.82 Å². The number of rotatable bonds is 4. The summed E-state index contributed by atoms with van der Waals surface area (Å²) in [4.78, 5) is 9.75. The predicted molar refractivity (Wildman–Crippen MR) is 85.7 cm³/mol. The molecule has 4 aromatic heterocycles. The molecule has 4 aromatic rings. The molecule has 0 aliphatic rings. The summed E-state index contributed by atoms with van der Waals surface area (Å²) in [6.45, 7) is 0.701. The van der Waals surface area contributed by atoms with E-state index in [9.17, 15) is 0 Å². The van der Waals surface area contributed by atoms with Gasteiger partial charge in [0.1, 0.15) is 17.9 Å². The molecule has 0 aliphatic carbocycles. The van der Waals surface area contributed by atoms with Gasteiger partial charge in [-0.3, -0.25) is 4.68 Å². The van der Waals surface area contributed by atoms with E-state index in [1.807, 2.05) is 19.2 Å². The monoisotopic (exact) mass is 311 g/mol. The lowest BCUT2D eigenvalue weighted by molar-refractivity contribution is 0.582. The van der Waals surface area contributed by atoms with Crippen LogP contribution in [0.15, 0.2) is 46.8 Å². The molecule has 0 radical (unpaired) electrons. The maximum atomic E-state index is 5.41. The first kappa shape index (κ1) is 13.0. The summed E-state index contributed by atoms with van der Waals surface area (Å²) in [5, 5.41) is 10.6. The van der Waals surface area contributed by atoms with Crippen molar-refractivity contribution in [3.05, 3.63) is 47.2 Å². The molecule has 0 aromatic carbocycles. The van der Waals surface area contributed by atoms with Gasteiger partial charge in [-0.2, -0.15) is 5.10 Å². The Morgan fingerprint density at radius 2 is 2.32 bits per heavy atom. The van der Waals surface area contributed by atoms with E-state index in [1.54, 1.807) is 34.8 Å². The van der Waals surface area contributed by atoms with E-state index in [4.69, 9.17) is 4.42 Å². The predicted octanol–water partition coefficient (Wildman–Crippen LogP) is 3.30. The van der Waals surface area contributed by atoms with Gasteiger partial charge in [-0.15, -0.1) is 11.3 Å². The lowest BCUT2D eigenvalue weighted by Gasteiger charge is -2.04. The largest absolute Gasteiger partial charge is 0.464 e. The number of anilines is 1. The summed E-state index contributed by atoms with van der Waals surface area (Å²) in [5.74, 6) is 1.69. The highest BCUT2D eigenvalue weighted by Gasteiger charge is 2.09. The van der Waals surface area contributed by atoms with E-state index in [1.165, 1.54) is 4.88 Å². The van der Waals surface area contributed by atoms with Crippen LogP contribution in [0.2, 0.25) is 0 Å². The van der Waals surface area contributed by atoms with Gasteiger partial charge in [-0.25, -0.2) is 9.97 Å². The number of nitrogens with one attached hydrogen (secondary N) is 1. The standard InChI is InChI=1S/C15H13N5OS/c1-20-15-12(7-19-20)14(17-9-18-15)16-6-11-5-10(8-22-11)13-3-2-4-21-13/h2-5,7-9H,6H2,1H3,(H,16,17,18). The molecular weight excluding hydrogens is 298 g/mol. The van der Waals surface area contributed by atoms with Crippen LogP contribution in [0, 0.1) is 0 Å². The maximum absolute atomic E-state index is 5.41. The van der Waals surface area contributed by atoms with Gasteiger partial charge >= 0.3 is 0 Å². The number of thiophene rings is 1. The Balaban J connectivity index is 1.55. The number of fused-ring (bicyclic) bond motifs is 1. The second kappa shape index (κ2) is 5.27. The molecule has 0 atom stereocenters. The van der Waals surface area contributed by atoms with Crippen LogP contribution in [-0.4, -0.2) is 19.7 Å². The van der Waals surface area contributed by atoms with E-state index in [0.717, 1.165) is 28.2 Å². The van der Waals surface area contributed by atoms with Crippen molar-refractivity contribution in [1.82, 2.24) is 19.7 Å². The zero-order valence-corrected chi connectivity index (χ0v) is 12.7. The zero-order valence-electron chi connectivity index (χ0n) is 11.9. The summed E-state index contributed by atoms with van der Waals surface area (Å²) in [6, 6.07) is 5.98.